The molecule has 2 aliphatic rings. The van der Waals surface area contributed by atoms with E-state index in [1.165, 1.54) is 6.07 Å². The van der Waals surface area contributed by atoms with E-state index >= 15 is 0 Å². The minimum absolute atomic E-state index is 0.215. The summed E-state index contributed by atoms with van der Waals surface area (Å²) in [7, 11) is 0. The highest BCUT2D eigenvalue weighted by Crippen LogP contribution is 2.35. The molecule has 2 aliphatic heterocycles. The van der Waals surface area contributed by atoms with E-state index in [-0.39, 0.29) is 11.7 Å². The highest BCUT2D eigenvalue weighted by atomic mass is 19.1. The smallest absolute Gasteiger partial charge is 0.254 e. The van der Waals surface area contributed by atoms with Gasteiger partial charge in [0.15, 0.2) is 0 Å². The van der Waals surface area contributed by atoms with Gasteiger partial charge in [-0.15, -0.1) is 0 Å². The number of aliphatic hydroxyl groups is 1. The molecule has 3 aromatic rings. The van der Waals surface area contributed by atoms with Crippen LogP contribution >= 0.6 is 0 Å². The maximum absolute atomic E-state index is 14.5. The number of nitrogens with zero attached hydrogens (tertiary/aromatic N) is 3. The first-order valence-electron chi connectivity index (χ1n) is 9.09. The second kappa shape index (κ2) is 6.13. The SMILES string of the molecule is Cc1cccc(F)c1-c1cc(-c2cc3n(n2)CC(O)CN3)c2c(n1)CNC2=O. The largest absolute Gasteiger partial charge is 0.389 e. The number of carbonyl (C=O) groups is 1. The second-order valence-electron chi connectivity index (χ2n) is 7.12. The van der Waals surface area contributed by atoms with Crippen LogP contribution in [0.5, 0.6) is 0 Å². The number of hydrogen-bond acceptors (Lipinski definition) is 5. The van der Waals surface area contributed by atoms with Gasteiger partial charge in [-0.3, -0.25) is 4.79 Å². The van der Waals surface area contributed by atoms with Gasteiger partial charge in [0.05, 0.1) is 41.8 Å². The Kier molecular flexibility index (Phi) is 3.70. The third-order valence-electron chi connectivity index (χ3n) is 5.17. The Morgan fingerprint density at radius 1 is 1.21 bits per heavy atom. The number of β-amino-alcohol motifs (C(OH)–C–C–N with tert-alkyl or cyclic N) is 1. The van der Waals surface area contributed by atoms with Crippen molar-refractivity contribution in [3.63, 3.8) is 0 Å². The fraction of sp³-hybridized carbons (Fsp3) is 0.250. The first kappa shape index (κ1) is 16.9. The molecule has 8 heteroatoms. The number of carbonyl (C=O) groups excluding carboxylic acids is 1. The summed E-state index contributed by atoms with van der Waals surface area (Å²) in [6.07, 6.45) is -0.525. The summed E-state index contributed by atoms with van der Waals surface area (Å²) in [6.45, 7) is 2.95. The molecule has 0 bridgehead atoms. The Morgan fingerprint density at radius 3 is 2.89 bits per heavy atom. The fourth-order valence-electron chi connectivity index (χ4n) is 3.83. The van der Waals surface area contributed by atoms with Gasteiger partial charge < -0.3 is 15.7 Å². The number of rotatable bonds is 2. The van der Waals surface area contributed by atoms with Crippen LogP contribution in [0.2, 0.25) is 0 Å². The number of aryl methyl sites for hydroxylation is 1. The van der Waals surface area contributed by atoms with E-state index in [1.807, 2.05) is 19.1 Å². The van der Waals surface area contributed by atoms with Crippen molar-refractivity contribution in [2.24, 2.45) is 0 Å². The van der Waals surface area contributed by atoms with Crippen LogP contribution in [0.4, 0.5) is 10.2 Å². The zero-order valence-corrected chi connectivity index (χ0v) is 15.2. The van der Waals surface area contributed by atoms with Gasteiger partial charge in [-0.25, -0.2) is 14.1 Å². The van der Waals surface area contributed by atoms with E-state index in [4.69, 9.17) is 0 Å². The van der Waals surface area contributed by atoms with E-state index < -0.39 is 6.10 Å². The topological polar surface area (TPSA) is 92.1 Å². The van der Waals surface area contributed by atoms with Gasteiger partial charge in [0.25, 0.3) is 5.91 Å². The minimum atomic E-state index is -0.525. The van der Waals surface area contributed by atoms with E-state index in [9.17, 15) is 14.3 Å². The monoisotopic (exact) mass is 379 g/mol. The lowest BCUT2D eigenvalue weighted by molar-refractivity contribution is 0.0966. The molecule has 0 saturated carbocycles. The van der Waals surface area contributed by atoms with Gasteiger partial charge in [0.2, 0.25) is 0 Å². The predicted octanol–water partition coefficient (Wildman–Crippen LogP) is 2.09. The summed E-state index contributed by atoms with van der Waals surface area (Å²) in [5, 5.41) is 20.3. The Morgan fingerprint density at radius 2 is 2.07 bits per heavy atom. The number of aromatic nitrogens is 3. The Labute approximate surface area is 160 Å². The number of nitrogens with one attached hydrogen (secondary N) is 2. The first-order chi connectivity index (χ1) is 13.5. The van der Waals surface area contributed by atoms with Gasteiger partial charge in [0, 0.05) is 23.7 Å². The molecule has 28 heavy (non-hydrogen) atoms. The molecule has 3 N–H and O–H groups in total. The molecule has 142 valence electrons. The summed E-state index contributed by atoms with van der Waals surface area (Å²) in [4.78, 5) is 17.0. The van der Waals surface area contributed by atoms with Crippen molar-refractivity contribution in [2.45, 2.75) is 26.1 Å². The molecule has 5 rings (SSSR count). The number of amides is 1. The quantitative estimate of drug-likeness (QED) is 0.634. The molecule has 7 nitrogen and oxygen atoms in total. The van der Waals surface area contributed by atoms with Crippen molar-refractivity contribution >= 4 is 11.7 Å². The van der Waals surface area contributed by atoms with Crippen molar-refractivity contribution in [2.75, 3.05) is 11.9 Å². The average Bonchev–Trinajstić information content (AvgIpc) is 3.24. The molecular weight excluding hydrogens is 361 g/mol. The molecule has 0 radical (unpaired) electrons. The number of aliphatic hydroxyl groups excluding tert-OH is 1. The highest BCUT2D eigenvalue weighted by molar-refractivity contribution is 6.04. The van der Waals surface area contributed by atoms with Crippen LogP contribution in [0.3, 0.4) is 0 Å². The zero-order chi connectivity index (χ0) is 19.4. The number of pyridine rings is 1. The van der Waals surface area contributed by atoms with Crippen molar-refractivity contribution in [3.05, 3.63) is 53.0 Å². The van der Waals surface area contributed by atoms with Crippen LogP contribution in [0.15, 0.2) is 30.3 Å². The molecule has 1 unspecified atom stereocenters. The van der Waals surface area contributed by atoms with Crippen LogP contribution in [-0.4, -0.2) is 38.4 Å². The fourth-order valence-corrected chi connectivity index (χ4v) is 3.83. The predicted molar refractivity (Wildman–Crippen MR) is 101 cm³/mol. The Balaban J connectivity index is 1.72. The van der Waals surface area contributed by atoms with Crippen molar-refractivity contribution in [3.8, 4) is 22.5 Å². The summed E-state index contributed by atoms with van der Waals surface area (Å²) in [5.41, 5.74) is 3.90. The van der Waals surface area contributed by atoms with Crippen molar-refractivity contribution in [1.29, 1.82) is 0 Å². The second-order valence-corrected chi connectivity index (χ2v) is 7.12. The highest BCUT2D eigenvalue weighted by Gasteiger charge is 2.29. The number of hydrogen-bond donors (Lipinski definition) is 3. The average molecular weight is 379 g/mol. The molecule has 4 heterocycles. The van der Waals surface area contributed by atoms with Crippen molar-refractivity contribution in [1.82, 2.24) is 20.1 Å². The third kappa shape index (κ3) is 2.56. The molecule has 0 saturated heterocycles. The number of halogens is 1. The molecule has 0 aliphatic carbocycles. The van der Waals surface area contributed by atoms with Crippen LogP contribution in [0.1, 0.15) is 21.6 Å². The van der Waals surface area contributed by atoms with Gasteiger partial charge in [-0.2, -0.15) is 5.10 Å². The van der Waals surface area contributed by atoms with E-state index in [2.05, 4.69) is 20.7 Å². The maximum Gasteiger partial charge on any atom is 0.254 e. The van der Waals surface area contributed by atoms with Gasteiger partial charge in [-0.05, 0) is 24.6 Å². The molecule has 1 amide bonds. The lowest BCUT2D eigenvalue weighted by atomic mass is 9.98. The van der Waals surface area contributed by atoms with Crippen LogP contribution in [0, 0.1) is 12.7 Å². The summed E-state index contributed by atoms with van der Waals surface area (Å²) < 4.78 is 16.2. The maximum atomic E-state index is 14.5. The standard InChI is InChI=1S/C20H18FN5O2/c1-10-3-2-4-13(21)18(10)15-5-12(19-16(24-15)8-23-20(19)28)14-6-17-22-7-11(27)9-26(17)25-14/h2-6,11,22,27H,7-9H2,1H3,(H,23,28). The van der Waals surface area contributed by atoms with E-state index in [0.29, 0.717) is 53.4 Å². The zero-order valence-electron chi connectivity index (χ0n) is 15.2. The molecule has 1 atom stereocenters. The molecular formula is C20H18FN5O2. The summed E-state index contributed by atoms with van der Waals surface area (Å²) in [5.74, 6) is 0.200. The summed E-state index contributed by atoms with van der Waals surface area (Å²) in [6, 6.07) is 8.46. The lowest BCUT2D eigenvalue weighted by Gasteiger charge is -2.20. The number of benzene rings is 1. The lowest BCUT2D eigenvalue weighted by Crippen LogP contribution is -2.31. The van der Waals surface area contributed by atoms with Gasteiger partial charge >= 0.3 is 0 Å². The van der Waals surface area contributed by atoms with Gasteiger partial charge in [0.1, 0.15) is 11.6 Å². The molecule has 0 spiro atoms. The number of anilines is 1. The van der Waals surface area contributed by atoms with E-state index in [0.717, 1.165) is 11.4 Å². The normalized spacial score (nSPS) is 17.7. The van der Waals surface area contributed by atoms with E-state index in [1.54, 1.807) is 16.8 Å². The Hall–Kier alpha value is -3.26. The van der Waals surface area contributed by atoms with Crippen LogP contribution in [-0.2, 0) is 13.1 Å². The molecule has 2 aromatic heterocycles. The summed E-state index contributed by atoms with van der Waals surface area (Å²) >= 11 is 0. The minimum Gasteiger partial charge on any atom is -0.389 e. The Bertz CT molecular complexity index is 1100. The van der Waals surface area contributed by atoms with Crippen LogP contribution in [0.25, 0.3) is 22.5 Å². The van der Waals surface area contributed by atoms with Crippen LogP contribution < -0.4 is 10.6 Å². The number of fused-ring (bicyclic) bond motifs is 2. The molecule has 1 aromatic carbocycles. The first-order valence-corrected chi connectivity index (χ1v) is 9.09. The molecule has 0 fully saturated rings. The third-order valence-corrected chi connectivity index (χ3v) is 5.17. The van der Waals surface area contributed by atoms with Gasteiger partial charge in [-0.1, -0.05) is 12.1 Å². The van der Waals surface area contributed by atoms with Crippen molar-refractivity contribution < 1.29 is 14.3 Å².